The van der Waals surface area contributed by atoms with E-state index in [4.69, 9.17) is 9.47 Å². The average molecular weight is 145 g/mol. The highest BCUT2D eigenvalue weighted by molar-refractivity contribution is 5.66. The van der Waals surface area contributed by atoms with Crippen LogP contribution in [0.25, 0.3) is 0 Å². The summed E-state index contributed by atoms with van der Waals surface area (Å²) in [5.74, 6) is 0. The molecule has 10 heavy (non-hydrogen) atoms. The van der Waals surface area contributed by atoms with E-state index >= 15 is 0 Å². The van der Waals surface area contributed by atoms with Gasteiger partial charge in [0.05, 0.1) is 6.61 Å². The Labute approximate surface area is 59.7 Å². The molecule has 4 nitrogen and oxygen atoms in total. The first-order valence-corrected chi connectivity index (χ1v) is 3.16. The maximum atomic E-state index is 10.7. The summed E-state index contributed by atoms with van der Waals surface area (Å²) in [4.78, 5) is 12.1. The molecule has 58 valence electrons. The van der Waals surface area contributed by atoms with E-state index in [0.29, 0.717) is 6.61 Å². The smallest absolute Gasteiger partial charge is 0.409 e. The van der Waals surface area contributed by atoms with Crippen molar-refractivity contribution in [2.75, 3.05) is 27.3 Å². The minimum Gasteiger partial charge on any atom is -0.447 e. The van der Waals surface area contributed by atoms with Gasteiger partial charge in [0.2, 0.25) is 0 Å². The summed E-state index contributed by atoms with van der Waals surface area (Å²) in [5.41, 5.74) is 0. The summed E-state index contributed by atoms with van der Waals surface area (Å²) < 4.78 is 9.63. The SMILES string of the molecule is CN(C)C(=O)OCC1CO1. The van der Waals surface area contributed by atoms with Gasteiger partial charge in [-0.25, -0.2) is 4.79 Å². The number of hydrogen-bond acceptors (Lipinski definition) is 3. The maximum absolute atomic E-state index is 10.7. The van der Waals surface area contributed by atoms with Gasteiger partial charge in [-0.1, -0.05) is 0 Å². The van der Waals surface area contributed by atoms with Crippen LogP contribution in [0.3, 0.4) is 0 Å². The van der Waals surface area contributed by atoms with Crippen molar-refractivity contribution < 1.29 is 14.3 Å². The van der Waals surface area contributed by atoms with Crippen LogP contribution in [0.4, 0.5) is 4.79 Å². The van der Waals surface area contributed by atoms with Crippen molar-refractivity contribution in [3.63, 3.8) is 0 Å². The molecule has 0 aliphatic carbocycles. The minimum absolute atomic E-state index is 0.156. The second-order valence-corrected chi connectivity index (χ2v) is 2.43. The number of ether oxygens (including phenoxy) is 2. The summed E-state index contributed by atoms with van der Waals surface area (Å²) in [6.07, 6.45) is -0.153. The van der Waals surface area contributed by atoms with E-state index in [2.05, 4.69) is 0 Å². The molecule has 0 aromatic rings. The van der Waals surface area contributed by atoms with Crippen LogP contribution in [0.5, 0.6) is 0 Å². The van der Waals surface area contributed by atoms with Crippen LogP contribution < -0.4 is 0 Å². The molecule has 1 atom stereocenters. The summed E-state index contributed by atoms with van der Waals surface area (Å²) in [6, 6.07) is 0. The van der Waals surface area contributed by atoms with Crippen LogP contribution in [0.1, 0.15) is 0 Å². The Bertz CT molecular complexity index is 131. The fourth-order valence-electron chi connectivity index (χ4n) is 0.458. The fourth-order valence-corrected chi connectivity index (χ4v) is 0.458. The Morgan fingerprint density at radius 3 is 2.80 bits per heavy atom. The van der Waals surface area contributed by atoms with Gasteiger partial charge in [0.1, 0.15) is 12.7 Å². The zero-order valence-corrected chi connectivity index (χ0v) is 6.16. The van der Waals surface area contributed by atoms with Crippen molar-refractivity contribution >= 4 is 6.09 Å². The van der Waals surface area contributed by atoms with Crippen molar-refractivity contribution in [2.45, 2.75) is 6.10 Å². The molecule has 1 aliphatic heterocycles. The zero-order valence-electron chi connectivity index (χ0n) is 6.16. The van der Waals surface area contributed by atoms with E-state index in [9.17, 15) is 4.79 Å². The molecule has 1 unspecified atom stereocenters. The summed E-state index contributed by atoms with van der Waals surface area (Å²) >= 11 is 0. The molecule has 0 saturated carbocycles. The van der Waals surface area contributed by atoms with Gasteiger partial charge in [-0.15, -0.1) is 0 Å². The Balaban J connectivity index is 2.05. The lowest BCUT2D eigenvalue weighted by Gasteiger charge is -2.09. The van der Waals surface area contributed by atoms with Crippen molar-refractivity contribution in [1.82, 2.24) is 4.90 Å². The fraction of sp³-hybridized carbons (Fsp3) is 0.833. The standard InChI is InChI=1S/C6H11NO3/c1-7(2)6(8)10-4-5-3-9-5/h5H,3-4H2,1-2H3. The topological polar surface area (TPSA) is 42.1 Å². The van der Waals surface area contributed by atoms with Gasteiger partial charge in [-0.05, 0) is 0 Å². The molecule has 0 bridgehead atoms. The second-order valence-electron chi connectivity index (χ2n) is 2.43. The van der Waals surface area contributed by atoms with Crippen LogP contribution in [-0.4, -0.2) is 44.4 Å². The third kappa shape index (κ3) is 2.23. The molecule has 0 radical (unpaired) electrons. The molecule has 4 heteroatoms. The van der Waals surface area contributed by atoms with Gasteiger partial charge >= 0.3 is 6.09 Å². The molecule has 1 aliphatic rings. The molecule has 1 rings (SSSR count). The van der Waals surface area contributed by atoms with Gasteiger partial charge in [0.25, 0.3) is 0 Å². The third-order valence-electron chi connectivity index (χ3n) is 1.16. The van der Waals surface area contributed by atoms with Crippen LogP contribution in [-0.2, 0) is 9.47 Å². The maximum Gasteiger partial charge on any atom is 0.409 e. The lowest BCUT2D eigenvalue weighted by molar-refractivity contribution is 0.110. The Morgan fingerprint density at radius 2 is 2.40 bits per heavy atom. The highest BCUT2D eigenvalue weighted by atomic mass is 16.6. The van der Waals surface area contributed by atoms with E-state index in [1.807, 2.05) is 0 Å². The minimum atomic E-state index is -0.310. The van der Waals surface area contributed by atoms with Gasteiger partial charge in [0.15, 0.2) is 0 Å². The van der Waals surface area contributed by atoms with Crippen molar-refractivity contribution in [3.05, 3.63) is 0 Å². The van der Waals surface area contributed by atoms with Crippen molar-refractivity contribution in [1.29, 1.82) is 0 Å². The van der Waals surface area contributed by atoms with E-state index in [1.165, 1.54) is 4.90 Å². The summed E-state index contributed by atoms with van der Waals surface area (Å²) in [7, 11) is 3.30. The first-order chi connectivity index (χ1) is 4.70. The second kappa shape index (κ2) is 2.88. The molecule has 1 amide bonds. The van der Waals surface area contributed by atoms with Crippen LogP contribution in [0.15, 0.2) is 0 Å². The Hall–Kier alpha value is -0.770. The van der Waals surface area contributed by atoms with E-state index in [0.717, 1.165) is 6.61 Å². The first kappa shape index (κ1) is 7.34. The number of amides is 1. The number of rotatable bonds is 2. The first-order valence-electron chi connectivity index (χ1n) is 3.16. The monoisotopic (exact) mass is 145 g/mol. The number of carbonyl (C=O) groups excluding carboxylic acids is 1. The lowest BCUT2D eigenvalue weighted by atomic mass is 10.5. The number of nitrogens with zero attached hydrogens (tertiary/aromatic N) is 1. The molecule has 0 aromatic heterocycles. The number of hydrogen-bond donors (Lipinski definition) is 0. The molecule has 1 saturated heterocycles. The molecule has 1 heterocycles. The van der Waals surface area contributed by atoms with Gasteiger partial charge in [0, 0.05) is 14.1 Å². The molecular formula is C6H11NO3. The average Bonchev–Trinajstić information content (AvgIpc) is 2.64. The predicted molar refractivity (Wildman–Crippen MR) is 34.8 cm³/mol. The largest absolute Gasteiger partial charge is 0.447 e. The Morgan fingerprint density at radius 1 is 1.80 bits per heavy atom. The molecular weight excluding hydrogens is 134 g/mol. The van der Waals surface area contributed by atoms with E-state index in [1.54, 1.807) is 14.1 Å². The lowest BCUT2D eigenvalue weighted by Crippen LogP contribution is -2.24. The third-order valence-corrected chi connectivity index (χ3v) is 1.16. The molecule has 0 N–H and O–H groups in total. The van der Waals surface area contributed by atoms with Crippen molar-refractivity contribution in [3.8, 4) is 0 Å². The highest BCUT2D eigenvalue weighted by Gasteiger charge is 2.24. The summed E-state index contributed by atoms with van der Waals surface area (Å²) in [5, 5.41) is 0. The number of carbonyl (C=O) groups is 1. The van der Waals surface area contributed by atoms with Gasteiger partial charge in [-0.3, -0.25) is 0 Å². The molecule has 1 fully saturated rings. The van der Waals surface area contributed by atoms with Crippen molar-refractivity contribution in [2.24, 2.45) is 0 Å². The normalized spacial score (nSPS) is 22.0. The predicted octanol–water partition coefficient (Wildman–Crippen LogP) is 0.0834. The van der Waals surface area contributed by atoms with E-state index in [-0.39, 0.29) is 12.2 Å². The van der Waals surface area contributed by atoms with Crippen LogP contribution in [0.2, 0.25) is 0 Å². The number of epoxide rings is 1. The van der Waals surface area contributed by atoms with Gasteiger partial charge in [-0.2, -0.15) is 0 Å². The zero-order chi connectivity index (χ0) is 7.56. The van der Waals surface area contributed by atoms with Gasteiger partial charge < -0.3 is 14.4 Å². The van der Waals surface area contributed by atoms with E-state index < -0.39 is 0 Å². The highest BCUT2D eigenvalue weighted by Crippen LogP contribution is 2.08. The summed E-state index contributed by atoms with van der Waals surface area (Å²) in [6.45, 7) is 1.11. The quantitative estimate of drug-likeness (QED) is 0.517. The molecule has 0 spiro atoms. The van der Waals surface area contributed by atoms with Crippen LogP contribution >= 0.6 is 0 Å². The molecule has 0 aromatic carbocycles. The Kier molecular flexibility index (Phi) is 2.11. The van der Waals surface area contributed by atoms with Crippen LogP contribution in [0, 0.1) is 0 Å².